The number of aromatic nitrogens is 1. The standard InChI is InChI=1S/C9H11Cl2NO3/c10-4-3-6(13)8(15)5-1-2-7(14)9(11)12-5/h1-2,6,8,13-15H,3-4H2. The molecule has 0 aliphatic heterocycles. The third kappa shape index (κ3) is 3.21. The van der Waals surface area contributed by atoms with Crippen LogP contribution in [-0.2, 0) is 0 Å². The number of hydrogen-bond acceptors (Lipinski definition) is 4. The Kier molecular flexibility index (Phi) is 4.60. The highest BCUT2D eigenvalue weighted by Crippen LogP contribution is 2.24. The van der Waals surface area contributed by atoms with Crippen LogP contribution in [0.15, 0.2) is 12.1 Å². The number of aromatic hydroxyl groups is 1. The van der Waals surface area contributed by atoms with Crippen molar-refractivity contribution in [3.05, 3.63) is 23.0 Å². The van der Waals surface area contributed by atoms with Crippen LogP contribution in [0.1, 0.15) is 18.2 Å². The Labute approximate surface area is 97.1 Å². The van der Waals surface area contributed by atoms with Crippen molar-refractivity contribution in [2.75, 3.05) is 5.88 Å². The third-order valence-corrected chi connectivity index (χ3v) is 2.42. The van der Waals surface area contributed by atoms with Crippen molar-refractivity contribution >= 4 is 23.2 Å². The molecule has 0 saturated carbocycles. The lowest BCUT2D eigenvalue weighted by atomic mass is 10.1. The molecule has 0 bridgehead atoms. The van der Waals surface area contributed by atoms with Crippen LogP contribution in [0, 0.1) is 0 Å². The quantitative estimate of drug-likeness (QED) is 0.560. The van der Waals surface area contributed by atoms with Crippen molar-refractivity contribution in [2.24, 2.45) is 0 Å². The molecule has 3 N–H and O–H groups in total. The molecular formula is C9H11Cl2NO3. The first-order chi connectivity index (χ1) is 7.06. The lowest BCUT2D eigenvalue weighted by molar-refractivity contribution is 0.0144. The maximum atomic E-state index is 9.62. The van der Waals surface area contributed by atoms with E-state index < -0.39 is 12.2 Å². The summed E-state index contributed by atoms with van der Waals surface area (Å²) in [5.41, 5.74) is 0.204. The molecule has 0 amide bonds. The minimum Gasteiger partial charge on any atom is -0.505 e. The van der Waals surface area contributed by atoms with Crippen molar-refractivity contribution < 1.29 is 15.3 Å². The second-order valence-electron chi connectivity index (χ2n) is 3.04. The van der Waals surface area contributed by atoms with Gasteiger partial charge in [0.1, 0.15) is 6.10 Å². The molecule has 6 heteroatoms. The van der Waals surface area contributed by atoms with Gasteiger partial charge in [-0.25, -0.2) is 4.98 Å². The number of hydrogen-bond donors (Lipinski definition) is 3. The maximum Gasteiger partial charge on any atom is 0.171 e. The molecule has 0 aliphatic rings. The molecule has 1 aromatic rings. The molecule has 84 valence electrons. The molecule has 1 heterocycles. The molecule has 2 atom stereocenters. The van der Waals surface area contributed by atoms with Crippen molar-refractivity contribution in [3.8, 4) is 5.75 Å². The highest BCUT2D eigenvalue weighted by Gasteiger charge is 2.19. The van der Waals surface area contributed by atoms with Gasteiger partial charge in [-0.05, 0) is 18.6 Å². The summed E-state index contributed by atoms with van der Waals surface area (Å²) in [5.74, 6) is 0.0729. The maximum absolute atomic E-state index is 9.62. The molecular weight excluding hydrogens is 241 g/mol. The van der Waals surface area contributed by atoms with Gasteiger partial charge in [0, 0.05) is 5.88 Å². The summed E-state index contributed by atoms with van der Waals surface area (Å²) in [6.07, 6.45) is -1.89. The Bertz CT molecular complexity index is 335. The van der Waals surface area contributed by atoms with Gasteiger partial charge in [0.2, 0.25) is 0 Å². The van der Waals surface area contributed by atoms with Crippen molar-refractivity contribution in [2.45, 2.75) is 18.6 Å². The monoisotopic (exact) mass is 251 g/mol. The molecule has 1 aromatic heterocycles. The fourth-order valence-corrected chi connectivity index (χ4v) is 1.46. The molecule has 0 spiro atoms. The van der Waals surface area contributed by atoms with Gasteiger partial charge in [0.15, 0.2) is 10.9 Å². The van der Waals surface area contributed by atoms with Gasteiger partial charge in [0.25, 0.3) is 0 Å². The molecule has 1 rings (SSSR count). The smallest absolute Gasteiger partial charge is 0.171 e. The topological polar surface area (TPSA) is 73.6 Å². The van der Waals surface area contributed by atoms with Crippen LogP contribution in [-0.4, -0.2) is 32.3 Å². The first kappa shape index (κ1) is 12.5. The number of aliphatic hydroxyl groups is 2. The van der Waals surface area contributed by atoms with Crippen LogP contribution in [0.3, 0.4) is 0 Å². The molecule has 2 unspecified atom stereocenters. The number of pyridine rings is 1. The van der Waals surface area contributed by atoms with Gasteiger partial charge in [-0.15, -0.1) is 11.6 Å². The van der Waals surface area contributed by atoms with E-state index in [-0.39, 0.29) is 28.9 Å². The normalized spacial score (nSPS) is 14.9. The second-order valence-corrected chi connectivity index (χ2v) is 3.77. The van der Waals surface area contributed by atoms with Crippen LogP contribution in [0.25, 0.3) is 0 Å². The highest BCUT2D eigenvalue weighted by atomic mass is 35.5. The van der Waals surface area contributed by atoms with E-state index in [0.29, 0.717) is 0 Å². The number of rotatable bonds is 4. The average Bonchev–Trinajstić information content (AvgIpc) is 2.21. The molecule has 0 aliphatic carbocycles. The van der Waals surface area contributed by atoms with Gasteiger partial charge >= 0.3 is 0 Å². The van der Waals surface area contributed by atoms with Gasteiger partial charge in [-0.2, -0.15) is 0 Å². The fraction of sp³-hybridized carbons (Fsp3) is 0.444. The van der Waals surface area contributed by atoms with E-state index in [1.54, 1.807) is 0 Å². The van der Waals surface area contributed by atoms with Crippen LogP contribution in [0.2, 0.25) is 5.15 Å². The van der Waals surface area contributed by atoms with E-state index in [4.69, 9.17) is 28.3 Å². The van der Waals surface area contributed by atoms with Crippen molar-refractivity contribution in [1.82, 2.24) is 4.98 Å². The average molecular weight is 252 g/mol. The summed E-state index contributed by atoms with van der Waals surface area (Å²) in [4.78, 5) is 3.74. The van der Waals surface area contributed by atoms with E-state index in [2.05, 4.69) is 4.98 Å². The Morgan fingerprint density at radius 3 is 2.53 bits per heavy atom. The Morgan fingerprint density at radius 2 is 2.00 bits per heavy atom. The van der Waals surface area contributed by atoms with Gasteiger partial charge in [-0.1, -0.05) is 11.6 Å². The van der Waals surface area contributed by atoms with E-state index in [1.807, 2.05) is 0 Å². The van der Waals surface area contributed by atoms with Gasteiger partial charge < -0.3 is 15.3 Å². The molecule has 0 aromatic carbocycles. The highest BCUT2D eigenvalue weighted by molar-refractivity contribution is 6.30. The van der Waals surface area contributed by atoms with E-state index >= 15 is 0 Å². The lowest BCUT2D eigenvalue weighted by Gasteiger charge is -2.16. The van der Waals surface area contributed by atoms with Gasteiger partial charge in [0.05, 0.1) is 11.8 Å². The molecule has 0 fully saturated rings. The minimum absolute atomic E-state index is 0.107. The first-order valence-corrected chi connectivity index (χ1v) is 5.25. The summed E-state index contributed by atoms with van der Waals surface area (Å²) in [7, 11) is 0. The second kappa shape index (κ2) is 5.51. The summed E-state index contributed by atoms with van der Waals surface area (Å²) >= 11 is 11.0. The SMILES string of the molecule is Oc1ccc(C(O)C(O)CCCl)nc1Cl. The number of aliphatic hydroxyl groups excluding tert-OH is 2. The zero-order valence-corrected chi connectivity index (χ0v) is 9.28. The Morgan fingerprint density at radius 1 is 1.33 bits per heavy atom. The zero-order valence-electron chi connectivity index (χ0n) is 7.77. The number of halogens is 2. The number of alkyl halides is 1. The zero-order chi connectivity index (χ0) is 11.4. The Balaban J connectivity index is 2.81. The Hall–Kier alpha value is -0.550. The summed E-state index contributed by atoms with van der Waals surface area (Å²) in [5, 5.41) is 28.1. The predicted molar refractivity (Wildman–Crippen MR) is 57.2 cm³/mol. The van der Waals surface area contributed by atoms with Crippen LogP contribution in [0.5, 0.6) is 5.75 Å². The molecule has 4 nitrogen and oxygen atoms in total. The molecule has 0 saturated heterocycles. The van der Waals surface area contributed by atoms with Crippen molar-refractivity contribution in [1.29, 1.82) is 0 Å². The summed E-state index contributed by atoms with van der Waals surface area (Å²) < 4.78 is 0. The summed E-state index contributed by atoms with van der Waals surface area (Å²) in [6.45, 7) is 0. The van der Waals surface area contributed by atoms with Crippen LogP contribution < -0.4 is 0 Å². The largest absolute Gasteiger partial charge is 0.505 e. The number of nitrogens with zero attached hydrogens (tertiary/aromatic N) is 1. The predicted octanol–water partition coefficient (Wildman–Crippen LogP) is 1.46. The van der Waals surface area contributed by atoms with E-state index in [1.165, 1.54) is 12.1 Å². The van der Waals surface area contributed by atoms with Crippen molar-refractivity contribution in [3.63, 3.8) is 0 Å². The van der Waals surface area contributed by atoms with Gasteiger partial charge in [-0.3, -0.25) is 0 Å². The molecule has 0 radical (unpaired) electrons. The fourth-order valence-electron chi connectivity index (χ4n) is 1.07. The minimum atomic E-state index is -1.15. The van der Waals surface area contributed by atoms with Crippen LogP contribution >= 0.6 is 23.2 Å². The first-order valence-electron chi connectivity index (χ1n) is 4.33. The third-order valence-electron chi connectivity index (χ3n) is 1.92. The lowest BCUT2D eigenvalue weighted by Crippen LogP contribution is -2.19. The van der Waals surface area contributed by atoms with E-state index in [0.717, 1.165) is 0 Å². The summed E-state index contributed by atoms with van der Waals surface area (Å²) in [6, 6.07) is 2.70. The van der Waals surface area contributed by atoms with Crippen LogP contribution in [0.4, 0.5) is 0 Å². The molecule has 15 heavy (non-hydrogen) atoms. The van der Waals surface area contributed by atoms with E-state index in [9.17, 15) is 10.2 Å².